The van der Waals surface area contributed by atoms with Crippen LogP contribution in [0, 0.1) is 6.92 Å². The van der Waals surface area contributed by atoms with E-state index in [1.165, 1.54) is 11.8 Å². The lowest BCUT2D eigenvalue weighted by Gasteiger charge is -2.09. The average molecular weight is 353 g/mol. The SMILES string of the molecule is COC(=O)c1c(NC(=O)COc2ccc3ccccc3c2)c(C)nn1C. The summed E-state index contributed by atoms with van der Waals surface area (Å²) in [5, 5.41) is 8.94. The lowest BCUT2D eigenvalue weighted by molar-refractivity contribution is -0.118. The number of esters is 1. The maximum atomic E-state index is 12.2. The van der Waals surface area contributed by atoms with Crippen molar-refractivity contribution in [3.63, 3.8) is 0 Å². The lowest BCUT2D eigenvalue weighted by atomic mass is 10.1. The predicted molar refractivity (Wildman–Crippen MR) is 97.4 cm³/mol. The van der Waals surface area contributed by atoms with Crippen molar-refractivity contribution in [1.29, 1.82) is 0 Å². The molecule has 1 amide bonds. The van der Waals surface area contributed by atoms with Crippen LogP contribution in [0.3, 0.4) is 0 Å². The van der Waals surface area contributed by atoms with Crippen LogP contribution in [-0.4, -0.2) is 35.4 Å². The van der Waals surface area contributed by atoms with Crippen LogP contribution in [0.2, 0.25) is 0 Å². The summed E-state index contributed by atoms with van der Waals surface area (Å²) in [5.74, 6) is -0.367. The van der Waals surface area contributed by atoms with Crippen LogP contribution >= 0.6 is 0 Å². The van der Waals surface area contributed by atoms with Gasteiger partial charge in [0.15, 0.2) is 12.3 Å². The van der Waals surface area contributed by atoms with Crippen LogP contribution in [0.4, 0.5) is 5.69 Å². The number of fused-ring (bicyclic) bond motifs is 1. The molecule has 7 heteroatoms. The molecule has 1 N–H and O–H groups in total. The van der Waals surface area contributed by atoms with Gasteiger partial charge >= 0.3 is 5.97 Å². The number of nitrogens with zero attached hydrogens (tertiary/aromatic N) is 2. The number of aromatic nitrogens is 2. The van der Waals surface area contributed by atoms with E-state index in [4.69, 9.17) is 9.47 Å². The minimum atomic E-state index is -0.571. The fourth-order valence-corrected chi connectivity index (χ4v) is 2.72. The van der Waals surface area contributed by atoms with Gasteiger partial charge in [-0.2, -0.15) is 5.10 Å². The van der Waals surface area contributed by atoms with Crippen LogP contribution < -0.4 is 10.1 Å². The van der Waals surface area contributed by atoms with Crippen molar-refractivity contribution in [2.24, 2.45) is 7.05 Å². The van der Waals surface area contributed by atoms with Gasteiger partial charge in [0.05, 0.1) is 18.5 Å². The summed E-state index contributed by atoms with van der Waals surface area (Å²) in [4.78, 5) is 24.1. The Balaban J connectivity index is 1.70. The van der Waals surface area contributed by atoms with Gasteiger partial charge in [0.1, 0.15) is 5.75 Å². The fraction of sp³-hybridized carbons (Fsp3) is 0.211. The first-order valence-corrected chi connectivity index (χ1v) is 8.03. The maximum Gasteiger partial charge on any atom is 0.358 e. The number of nitrogens with one attached hydrogen (secondary N) is 1. The summed E-state index contributed by atoms with van der Waals surface area (Å²) in [6.45, 7) is 1.51. The molecule has 0 atom stereocenters. The molecule has 0 aliphatic heterocycles. The van der Waals surface area contributed by atoms with Crippen LogP contribution in [0.5, 0.6) is 5.75 Å². The van der Waals surface area contributed by atoms with E-state index in [1.54, 1.807) is 14.0 Å². The van der Waals surface area contributed by atoms with E-state index in [0.29, 0.717) is 17.1 Å². The van der Waals surface area contributed by atoms with Gasteiger partial charge in [0.25, 0.3) is 5.91 Å². The Bertz CT molecular complexity index is 978. The minimum absolute atomic E-state index is 0.184. The minimum Gasteiger partial charge on any atom is -0.484 e. The predicted octanol–water partition coefficient (Wildman–Crippen LogP) is 2.69. The molecule has 1 heterocycles. The monoisotopic (exact) mass is 353 g/mol. The van der Waals surface area contributed by atoms with Crippen molar-refractivity contribution in [2.75, 3.05) is 19.0 Å². The Morgan fingerprint density at radius 2 is 1.88 bits per heavy atom. The number of rotatable bonds is 5. The summed E-state index contributed by atoms with van der Waals surface area (Å²) >= 11 is 0. The molecule has 0 fully saturated rings. The Morgan fingerprint density at radius 1 is 1.15 bits per heavy atom. The zero-order chi connectivity index (χ0) is 18.7. The fourth-order valence-electron chi connectivity index (χ4n) is 2.72. The third-order valence-corrected chi connectivity index (χ3v) is 3.96. The zero-order valence-corrected chi connectivity index (χ0v) is 14.8. The summed E-state index contributed by atoms with van der Waals surface area (Å²) in [6.07, 6.45) is 0. The maximum absolute atomic E-state index is 12.2. The van der Waals surface area contributed by atoms with E-state index < -0.39 is 5.97 Å². The number of amides is 1. The lowest BCUT2D eigenvalue weighted by Crippen LogP contribution is -2.22. The number of aryl methyl sites for hydroxylation is 2. The normalized spacial score (nSPS) is 10.6. The first kappa shape index (κ1) is 17.5. The molecule has 0 unspecified atom stereocenters. The number of carbonyl (C=O) groups excluding carboxylic acids is 2. The Kier molecular flexibility index (Phi) is 4.88. The molecule has 3 aromatic rings. The molecule has 7 nitrogen and oxygen atoms in total. The third kappa shape index (κ3) is 3.51. The number of ether oxygens (including phenoxy) is 2. The Morgan fingerprint density at radius 3 is 2.62 bits per heavy atom. The number of hydrogen-bond acceptors (Lipinski definition) is 5. The van der Waals surface area contributed by atoms with Gasteiger partial charge in [-0.05, 0) is 29.8 Å². The van der Waals surface area contributed by atoms with Gasteiger partial charge in [-0.15, -0.1) is 0 Å². The molecule has 0 spiro atoms. The van der Waals surface area contributed by atoms with Gasteiger partial charge in [-0.1, -0.05) is 30.3 Å². The summed E-state index contributed by atoms with van der Waals surface area (Å²) < 4.78 is 11.7. The second kappa shape index (κ2) is 7.26. The molecule has 0 saturated carbocycles. The Hall–Kier alpha value is -3.35. The molecule has 26 heavy (non-hydrogen) atoms. The molecule has 1 aromatic heterocycles. The standard InChI is InChI=1S/C19H19N3O4/c1-12-17(18(19(24)25-3)22(2)21-12)20-16(23)11-26-15-9-8-13-6-4-5-7-14(13)10-15/h4-10H,11H2,1-3H3,(H,20,23). The molecule has 0 radical (unpaired) electrons. The van der Waals surface area contributed by atoms with E-state index >= 15 is 0 Å². The largest absolute Gasteiger partial charge is 0.484 e. The quantitative estimate of drug-likeness (QED) is 0.713. The number of anilines is 1. The van der Waals surface area contributed by atoms with Gasteiger partial charge in [0, 0.05) is 7.05 Å². The number of hydrogen-bond donors (Lipinski definition) is 1. The van der Waals surface area contributed by atoms with E-state index in [1.807, 2.05) is 42.5 Å². The van der Waals surface area contributed by atoms with Crippen molar-refractivity contribution in [3.05, 3.63) is 53.9 Å². The first-order valence-electron chi connectivity index (χ1n) is 8.03. The zero-order valence-electron chi connectivity index (χ0n) is 14.8. The van der Waals surface area contributed by atoms with Crippen LogP contribution in [0.25, 0.3) is 10.8 Å². The molecule has 0 aliphatic rings. The first-order chi connectivity index (χ1) is 12.5. The topological polar surface area (TPSA) is 82.4 Å². The average Bonchev–Trinajstić information content (AvgIpc) is 2.92. The molecular weight excluding hydrogens is 334 g/mol. The van der Waals surface area contributed by atoms with Crippen molar-refractivity contribution >= 4 is 28.3 Å². The number of methoxy groups -OCH3 is 1. The van der Waals surface area contributed by atoms with E-state index in [9.17, 15) is 9.59 Å². The molecule has 3 rings (SSSR count). The van der Waals surface area contributed by atoms with Crippen LogP contribution in [0.15, 0.2) is 42.5 Å². The highest BCUT2D eigenvalue weighted by molar-refractivity contribution is 6.01. The number of benzene rings is 2. The van der Waals surface area contributed by atoms with Crippen molar-refractivity contribution in [2.45, 2.75) is 6.92 Å². The molecule has 134 valence electrons. The van der Waals surface area contributed by atoms with Crippen molar-refractivity contribution in [1.82, 2.24) is 9.78 Å². The molecule has 0 saturated heterocycles. The molecule has 0 bridgehead atoms. The highest BCUT2D eigenvalue weighted by atomic mass is 16.5. The van der Waals surface area contributed by atoms with E-state index in [-0.39, 0.29) is 18.2 Å². The van der Waals surface area contributed by atoms with Crippen molar-refractivity contribution in [3.8, 4) is 5.75 Å². The number of carbonyl (C=O) groups is 2. The van der Waals surface area contributed by atoms with Gasteiger partial charge < -0.3 is 14.8 Å². The smallest absolute Gasteiger partial charge is 0.358 e. The second-order valence-corrected chi connectivity index (χ2v) is 5.77. The third-order valence-electron chi connectivity index (χ3n) is 3.96. The van der Waals surface area contributed by atoms with E-state index in [0.717, 1.165) is 10.8 Å². The van der Waals surface area contributed by atoms with Crippen LogP contribution in [0.1, 0.15) is 16.2 Å². The Labute approximate surface area is 150 Å². The van der Waals surface area contributed by atoms with Crippen LogP contribution in [-0.2, 0) is 16.6 Å². The van der Waals surface area contributed by atoms with Gasteiger partial charge in [-0.3, -0.25) is 9.48 Å². The van der Waals surface area contributed by atoms with Crippen molar-refractivity contribution < 1.29 is 19.1 Å². The van der Waals surface area contributed by atoms with E-state index in [2.05, 4.69) is 10.4 Å². The summed E-state index contributed by atoms with van der Waals surface area (Å²) in [7, 11) is 2.89. The second-order valence-electron chi connectivity index (χ2n) is 5.77. The highest BCUT2D eigenvalue weighted by Crippen LogP contribution is 2.22. The highest BCUT2D eigenvalue weighted by Gasteiger charge is 2.22. The molecular formula is C19H19N3O4. The van der Waals surface area contributed by atoms with Gasteiger partial charge in [-0.25, -0.2) is 4.79 Å². The van der Waals surface area contributed by atoms with Gasteiger partial charge in [0.2, 0.25) is 0 Å². The molecule has 2 aromatic carbocycles. The molecule has 0 aliphatic carbocycles. The summed E-state index contributed by atoms with van der Waals surface area (Å²) in [6, 6.07) is 13.5. The summed E-state index contributed by atoms with van der Waals surface area (Å²) in [5.41, 5.74) is 1.03.